The number of unbranched alkanes of at least 4 members (excludes halogenated alkanes) is 1. The monoisotopic (exact) mass is 443 g/mol. The maximum Gasteiger partial charge on any atom is 0.413 e. The number of amides is 3. The Labute approximate surface area is 187 Å². The largest absolute Gasteiger partial charge is 0.507 e. The van der Waals surface area contributed by atoms with Crippen molar-refractivity contribution in [3.8, 4) is 11.5 Å². The van der Waals surface area contributed by atoms with Gasteiger partial charge in [0.15, 0.2) is 0 Å². The predicted molar refractivity (Wildman–Crippen MR) is 119 cm³/mol. The first-order valence-corrected chi connectivity index (χ1v) is 10.3. The normalized spacial score (nSPS) is 11.3. The molecular formula is C23H29N3O6. The molecule has 0 aliphatic rings. The molecule has 0 bridgehead atoms. The van der Waals surface area contributed by atoms with Crippen molar-refractivity contribution in [2.24, 2.45) is 0 Å². The van der Waals surface area contributed by atoms with Gasteiger partial charge in [0, 0.05) is 7.05 Å². The van der Waals surface area contributed by atoms with Crippen molar-refractivity contribution in [1.29, 1.82) is 0 Å². The van der Waals surface area contributed by atoms with Gasteiger partial charge in [0.05, 0.1) is 19.8 Å². The van der Waals surface area contributed by atoms with E-state index in [9.17, 15) is 19.5 Å². The second-order valence-electron chi connectivity index (χ2n) is 6.96. The Hall–Kier alpha value is -3.59. The van der Waals surface area contributed by atoms with Crippen LogP contribution in [0.2, 0.25) is 0 Å². The second-order valence-corrected chi connectivity index (χ2v) is 6.96. The van der Waals surface area contributed by atoms with Crippen molar-refractivity contribution < 1.29 is 29.0 Å². The lowest BCUT2D eigenvalue weighted by atomic mass is 10.1. The molecule has 0 fully saturated rings. The highest BCUT2D eigenvalue weighted by Gasteiger charge is 2.21. The Morgan fingerprint density at radius 3 is 2.47 bits per heavy atom. The maximum absolute atomic E-state index is 12.4. The van der Waals surface area contributed by atoms with Gasteiger partial charge in [-0.15, -0.1) is 0 Å². The van der Waals surface area contributed by atoms with Crippen LogP contribution in [-0.2, 0) is 16.0 Å². The summed E-state index contributed by atoms with van der Waals surface area (Å²) in [4.78, 5) is 35.8. The minimum atomic E-state index is -0.804. The molecule has 172 valence electrons. The van der Waals surface area contributed by atoms with Gasteiger partial charge >= 0.3 is 6.09 Å². The van der Waals surface area contributed by atoms with Crippen molar-refractivity contribution in [1.82, 2.24) is 16.0 Å². The van der Waals surface area contributed by atoms with Crippen LogP contribution in [0.1, 0.15) is 28.8 Å². The number of alkyl carbamates (subject to hydrolysis) is 1. The fourth-order valence-corrected chi connectivity index (χ4v) is 3.02. The van der Waals surface area contributed by atoms with Crippen LogP contribution in [0.5, 0.6) is 11.5 Å². The van der Waals surface area contributed by atoms with Crippen LogP contribution in [0.15, 0.2) is 48.5 Å². The molecule has 2 aromatic carbocycles. The molecular weight excluding hydrogens is 414 g/mol. The average Bonchev–Trinajstić information content (AvgIpc) is 2.80. The highest BCUT2D eigenvalue weighted by molar-refractivity contribution is 5.99. The number of phenols is 1. The summed E-state index contributed by atoms with van der Waals surface area (Å²) in [5.74, 6) is -0.743. The summed E-state index contributed by atoms with van der Waals surface area (Å²) in [6.07, 6.45) is 0.942. The van der Waals surface area contributed by atoms with Crippen LogP contribution in [0.4, 0.5) is 4.79 Å². The molecule has 0 spiro atoms. The zero-order valence-electron chi connectivity index (χ0n) is 18.2. The number of imide groups is 1. The number of carbonyl (C=O) groups is 3. The highest BCUT2D eigenvalue weighted by Crippen LogP contribution is 2.27. The average molecular weight is 444 g/mol. The third-order valence-corrected chi connectivity index (χ3v) is 4.69. The highest BCUT2D eigenvalue weighted by atomic mass is 16.5. The van der Waals surface area contributed by atoms with E-state index in [0.717, 1.165) is 5.56 Å². The van der Waals surface area contributed by atoms with E-state index >= 15 is 0 Å². The zero-order valence-corrected chi connectivity index (χ0v) is 18.2. The first-order chi connectivity index (χ1) is 15.5. The van der Waals surface area contributed by atoms with Gasteiger partial charge in [-0.3, -0.25) is 14.9 Å². The number of carbonyl (C=O) groups excluding carboxylic acids is 3. The molecule has 9 heteroatoms. The van der Waals surface area contributed by atoms with Crippen molar-refractivity contribution in [3.05, 3.63) is 59.7 Å². The number of hydrogen-bond acceptors (Lipinski definition) is 7. The quantitative estimate of drug-likeness (QED) is 0.391. The minimum absolute atomic E-state index is 0.0931. The van der Waals surface area contributed by atoms with E-state index in [2.05, 4.69) is 20.7 Å². The zero-order chi connectivity index (χ0) is 23.3. The number of ether oxygens (including phenoxy) is 2. The number of nitrogens with one attached hydrogen (secondary N) is 3. The maximum atomic E-state index is 12.4. The molecule has 4 N–H and O–H groups in total. The predicted octanol–water partition coefficient (Wildman–Crippen LogP) is 1.99. The molecule has 32 heavy (non-hydrogen) atoms. The number of phenolic OH excluding ortho intramolecular Hbond substituents is 1. The van der Waals surface area contributed by atoms with Crippen molar-refractivity contribution in [2.75, 3.05) is 27.3 Å². The van der Waals surface area contributed by atoms with E-state index in [1.165, 1.54) is 20.2 Å². The van der Waals surface area contributed by atoms with Gasteiger partial charge in [-0.1, -0.05) is 36.4 Å². The van der Waals surface area contributed by atoms with E-state index < -0.39 is 23.9 Å². The molecule has 0 saturated carbocycles. The minimum Gasteiger partial charge on any atom is -0.507 e. The van der Waals surface area contributed by atoms with Crippen LogP contribution in [0.25, 0.3) is 0 Å². The van der Waals surface area contributed by atoms with Crippen LogP contribution in [0, 0.1) is 0 Å². The van der Waals surface area contributed by atoms with E-state index in [4.69, 9.17) is 4.74 Å². The summed E-state index contributed by atoms with van der Waals surface area (Å²) in [5, 5.41) is 17.8. The first-order valence-electron chi connectivity index (χ1n) is 10.3. The number of hydrogen-bond donors (Lipinski definition) is 4. The van der Waals surface area contributed by atoms with Gasteiger partial charge in [0.25, 0.3) is 5.91 Å². The molecule has 0 aromatic heterocycles. The standard InChI is InChI=1S/C23H29N3O6/c1-24-22(29)20-18(27)11-8-12-19(20)32-14-7-6-13-25-17(21(28)26-23(30)31-2)15-16-9-4-3-5-10-16/h3-5,8-12,17,25,27H,6-7,13-15H2,1-2H3,(H,24,29)(H,26,28,30)/t17-/m0/s1. The van der Waals surface area contributed by atoms with Gasteiger partial charge in [0.1, 0.15) is 17.1 Å². The molecule has 0 unspecified atom stereocenters. The van der Waals surface area contributed by atoms with E-state index in [0.29, 0.717) is 38.2 Å². The van der Waals surface area contributed by atoms with Gasteiger partial charge in [-0.05, 0) is 43.5 Å². The Bertz CT molecular complexity index is 904. The molecule has 0 aliphatic carbocycles. The first kappa shape index (κ1) is 24.7. The van der Waals surface area contributed by atoms with Gasteiger partial charge < -0.3 is 25.2 Å². The van der Waals surface area contributed by atoms with Gasteiger partial charge in [0.2, 0.25) is 5.91 Å². The molecule has 0 saturated heterocycles. The summed E-state index contributed by atoms with van der Waals surface area (Å²) in [6, 6.07) is 13.5. The van der Waals surface area contributed by atoms with Gasteiger partial charge in [-0.25, -0.2) is 4.79 Å². The smallest absolute Gasteiger partial charge is 0.413 e. The van der Waals surface area contributed by atoms with Crippen LogP contribution in [0.3, 0.4) is 0 Å². The molecule has 2 rings (SSSR count). The Kier molecular flexibility index (Phi) is 9.99. The van der Waals surface area contributed by atoms with Crippen molar-refractivity contribution >= 4 is 17.9 Å². The van der Waals surface area contributed by atoms with E-state index in [1.54, 1.807) is 12.1 Å². The lowest BCUT2D eigenvalue weighted by Crippen LogP contribution is -2.47. The number of benzene rings is 2. The summed E-state index contributed by atoms with van der Waals surface area (Å²) in [7, 11) is 2.68. The second kappa shape index (κ2) is 13.0. The molecule has 0 heterocycles. The number of rotatable bonds is 11. The van der Waals surface area contributed by atoms with Crippen molar-refractivity contribution in [2.45, 2.75) is 25.3 Å². The third kappa shape index (κ3) is 7.59. The fraction of sp³-hybridized carbons (Fsp3) is 0.348. The lowest BCUT2D eigenvalue weighted by molar-refractivity contribution is -0.122. The Morgan fingerprint density at radius 1 is 1.03 bits per heavy atom. The summed E-state index contributed by atoms with van der Waals surface area (Å²) in [6.45, 7) is 0.838. The summed E-state index contributed by atoms with van der Waals surface area (Å²) in [5.41, 5.74) is 1.05. The van der Waals surface area contributed by atoms with Crippen LogP contribution in [-0.4, -0.2) is 56.4 Å². The van der Waals surface area contributed by atoms with Crippen LogP contribution < -0.4 is 20.7 Å². The van der Waals surface area contributed by atoms with Gasteiger partial charge in [-0.2, -0.15) is 0 Å². The van der Waals surface area contributed by atoms with Crippen molar-refractivity contribution in [3.63, 3.8) is 0 Å². The lowest BCUT2D eigenvalue weighted by Gasteiger charge is -2.18. The Morgan fingerprint density at radius 2 is 1.78 bits per heavy atom. The molecule has 0 radical (unpaired) electrons. The van der Waals surface area contributed by atoms with E-state index in [-0.39, 0.29) is 11.3 Å². The Balaban J connectivity index is 1.85. The molecule has 9 nitrogen and oxygen atoms in total. The SMILES string of the molecule is CNC(=O)c1c(O)cccc1OCCCCN[C@@H](Cc1ccccc1)C(=O)NC(=O)OC. The molecule has 2 aromatic rings. The summed E-state index contributed by atoms with van der Waals surface area (Å²) >= 11 is 0. The fourth-order valence-electron chi connectivity index (χ4n) is 3.02. The van der Waals surface area contributed by atoms with E-state index in [1.807, 2.05) is 30.3 Å². The summed E-state index contributed by atoms with van der Waals surface area (Å²) < 4.78 is 10.2. The third-order valence-electron chi connectivity index (χ3n) is 4.69. The number of methoxy groups -OCH3 is 1. The molecule has 1 atom stereocenters. The molecule has 3 amide bonds. The number of aromatic hydroxyl groups is 1. The molecule has 0 aliphatic heterocycles. The topological polar surface area (TPSA) is 126 Å². The van der Waals surface area contributed by atoms with Crippen LogP contribution >= 0.6 is 0 Å².